The van der Waals surface area contributed by atoms with E-state index in [0.717, 1.165) is 11.1 Å². The zero-order valence-electron chi connectivity index (χ0n) is 19.9. The largest absolute Gasteiger partial charge is 0.452 e. The van der Waals surface area contributed by atoms with E-state index in [1.807, 2.05) is 97.1 Å². The van der Waals surface area contributed by atoms with Gasteiger partial charge in [-0.3, -0.25) is 9.36 Å². The Morgan fingerprint density at radius 2 is 1.14 bits per heavy atom. The van der Waals surface area contributed by atoms with Gasteiger partial charge in [0, 0.05) is 17.9 Å². The zero-order valence-corrected chi connectivity index (χ0v) is 20.8. The molecule has 0 unspecified atom stereocenters. The summed E-state index contributed by atoms with van der Waals surface area (Å²) in [5.74, 6) is 0.323. The van der Waals surface area contributed by atoms with E-state index < -0.39 is 7.37 Å². The second kappa shape index (κ2) is 10.8. The van der Waals surface area contributed by atoms with Crippen molar-refractivity contribution in [3.8, 4) is 17.1 Å². The molecule has 0 saturated heterocycles. The van der Waals surface area contributed by atoms with Gasteiger partial charge < -0.3 is 8.94 Å². The number of fused-ring (bicyclic) bond motifs is 1. The third-order valence-corrected chi connectivity index (χ3v) is 8.54. The highest BCUT2D eigenvalue weighted by atomic mass is 31.2. The average molecular weight is 495 g/mol. The number of hydrogen-bond acceptors (Lipinski definition) is 4. The highest BCUT2D eigenvalue weighted by Crippen LogP contribution is 2.49. The standard InChI is InChI=1S/C31H27O4P/c32-29-27-18-10-11-19-28(27)34-30(26-16-8-3-9-17-26)31(29)35-36(33,22-20-24-12-4-1-5-13-24)23-21-25-14-6-2-7-15-25/h1-19H,20-23H2. The number of hydrogen-bond donors (Lipinski definition) is 0. The highest BCUT2D eigenvalue weighted by Gasteiger charge is 2.29. The van der Waals surface area contributed by atoms with Crippen molar-refractivity contribution in [2.24, 2.45) is 0 Å². The first-order valence-corrected chi connectivity index (χ1v) is 14.1. The molecule has 4 nitrogen and oxygen atoms in total. The van der Waals surface area contributed by atoms with E-state index in [4.69, 9.17) is 8.94 Å². The van der Waals surface area contributed by atoms with E-state index in [1.54, 1.807) is 18.2 Å². The summed E-state index contributed by atoms with van der Waals surface area (Å²) in [7, 11) is -3.28. The molecule has 5 rings (SSSR count). The van der Waals surface area contributed by atoms with E-state index >= 15 is 0 Å². The van der Waals surface area contributed by atoms with Crippen molar-refractivity contribution in [2.75, 3.05) is 12.3 Å². The zero-order chi connectivity index (χ0) is 24.8. The Balaban J connectivity index is 1.56. The topological polar surface area (TPSA) is 56.5 Å². The summed E-state index contributed by atoms with van der Waals surface area (Å²) in [4.78, 5) is 13.6. The van der Waals surface area contributed by atoms with Gasteiger partial charge in [-0.2, -0.15) is 0 Å². The van der Waals surface area contributed by atoms with Gasteiger partial charge in [0.25, 0.3) is 0 Å². The summed E-state index contributed by atoms with van der Waals surface area (Å²) >= 11 is 0. The van der Waals surface area contributed by atoms with Gasteiger partial charge in [0.2, 0.25) is 18.5 Å². The van der Waals surface area contributed by atoms with Gasteiger partial charge in [0.05, 0.1) is 5.39 Å². The Labute approximate surface area is 210 Å². The fraction of sp³-hybridized carbons (Fsp3) is 0.129. The van der Waals surface area contributed by atoms with Crippen molar-refractivity contribution in [3.05, 3.63) is 137 Å². The molecule has 1 heterocycles. The minimum absolute atomic E-state index is 0.0179. The van der Waals surface area contributed by atoms with Crippen LogP contribution in [0.5, 0.6) is 5.75 Å². The van der Waals surface area contributed by atoms with Crippen LogP contribution in [-0.2, 0) is 17.4 Å². The van der Waals surface area contributed by atoms with E-state index in [2.05, 4.69) is 0 Å². The lowest BCUT2D eigenvalue weighted by Crippen LogP contribution is -2.13. The van der Waals surface area contributed by atoms with E-state index in [-0.39, 0.29) is 11.2 Å². The van der Waals surface area contributed by atoms with Gasteiger partial charge in [-0.15, -0.1) is 0 Å². The van der Waals surface area contributed by atoms with Gasteiger partial charge in [-0.25, -0.2) is 0 Å². The monoisotopic (exact) mass is 494 g/mol. The lowest BCUT2D eigenvalue weighted by molar-refractivity contribution is 0.467. The number of benzene rings is 4. The summed E-state index contributed by atoms with van der Waals surface area (Å²) in [6, 6.07) is 36.3. The van der Waals surface area contributed by atoms with E-state index in [1.165, 1.54) is 0 Å². The summed E-state index contributed by atoms with van der Waals surface area (Å²) in [6.45, 7) is 0. The Morgan fingerprint density at radius 3 is 1.72 bits per heavy atom. The summed E-state index contributed by atoms with van der Waals surface area (Å²) in [6.07, 6.45) is 1.83. The summed E-state index contributed by atoms with van der Waals surface area (Å²) in [5.41, 5.74) is 3.02. The maximum absolute atomic E-state index is 14.4. The molecule has 0 aliphatic rings. The van der Waals surface area contributed by atoms with Crippen LogP contribution in [0.15, 0.2) is 124 Å². The van der Waals surface area contributed by atoms with Crippen molar-refractivity contribution >= 4 is 18.3 Å². The van der Waals surface area contributed by atoms with Crippen LogP contribution < -0.4 is 9.95 Å². The Morgan fingerprint density at radius 1 is 0.639 bits per heavy atom. The second-order valence-corrected chi connectivity index (χ2v) is 11.5. The molecule has 180 valence electrons. The van der Waals surface area contributed by atoms with Crippen molar-refractivity contribution in [3.63, 3.8) is 0 Å². The van der Waals surface area contributed by atoms with Gasteiger partial charge in [-0.1, -0.05) is 103 Å². The molecule has 0 saturated carbocycles. The summed E-state index contributed by atoms with van der Waals surface area (Å²) in [5, 5.41) is 0.407. The molecule has 0 spiro atoms. The third-order valence-electron chi connectivity index (χ3n) is 6.22. The van der Waals surface area contributed by atoms with Crippen molar-refractivity contribution in [1.82, 2.24) is 0 Å². The van der Waals surface area contributed by atoms with Crippen LogP contribution in [0, 0.1) is 0 Å². The van der Waals surface area contributed by atoms with E-state index in [0.29, 0.717) is 47.5 Å². The average Bonchev–Trinajstić information content (AvgIpc) is 2.94. The lowest BCUT2D eigenvalue weighted by atomic mass is 10.1. The molecule has 0 atom stereocenters. The van der Waals surface area contributed by atoms with Crippen LogP contribution in [0.25, 0.3) is 22.3 Å². The van der Waals surface area contributed by atoms with Crippen LogP contribution in [-0.4, -0.2) is 12.3 Å². The van der Waals surface area contributed by atoms with Crippen LogP contribution in [0.1, 0.15) is 11.1 Å². The molecule has 0 bridgehead atoms. The highest BCUT2D eigenvalue weighted by molar-refractivity contribution is 7.59. The smallest absolute Gasteiger partial charge is 0.249 e. The molecular weight excluding hydrogens is 467 g/mol. The third kappa shape index (κ3) is 5.50. The normalized spacial score (nSPS) is 11.4. The molecular formula is C31H27O4P. The quantitative estimate of drug-likeness (QED) is 0.198. The maximum Gasteiger partial charge on any atom is 0.249 e. The van der Waals surface area contributed by atoms with Crippen LogP contribution in [0.4, 0.5) is 0 Å². The number of aryl methyl sites for hydroxylation is 2. The second-order valence-electron chi connectivity index (χ2n) is 8.78. The molecule has 0 radical (unpaired) electrons. The minimum Gasteiger partial charge on any atom is -0.452 e. The van der Waals surface area contributed by atoms with Gasteiger partial charge in [0.1, 0.15) is 5.58 Å². The first-order chi connectivity index (χ1) is 17.6. The van der Waals surface area contributed by atoms with Crippen LogP contribution in [0.3, 0.4) is 0 Å². The molecule has 0 aliphatic carbocycles. The molecule has 0 aliphatic heterocycles. The van der Waals surface area contributed by atoms with Gasteiger partial charge >= 0.3 is 0 Å². The predicted molar refractivity (Wildman–Crippen MR) is 146 cm³/mol. The fourth-order valence-corrected chi connectivity index (χ4v) is 6.35. The molecule has 0 amide bonds. The molecule has 5 aromatic rings. The van der Waals surface area contributed by atoms with Crippen LogP contribution >= 0.6 is 7.37 Å². The Bertz CT molecular complexity index is 1500. The van der Waals surface area contributed by atoms with Crippen molar-refractivity contribution in [2.45, 2.75) is 12.8 Å². The van der Waals surface area contributed by atoms with Crippen molar-refractivity contribution < 1.29 is 13.5 Å². The van der Waals surface area contributed by atoms with Gasteiger partial charge in [0.15, 0.2) is 5.76 Å². The molecule has 5 heteroatoms. The Kier molecular flexibility index (Phi) is 7.16. The molecule has 0 fully saturated rings. The minimum atomic E-state index is -3.28. The lowest BCUT2D eigenvalue weighted by Gasteiger charge is -2.21. The fourth-order valence-electron chi connectivity index (χ4n) is 4.25. The summed E-state index contributed by atoms with van der Waals surface area (Å²) < 4.78 is 26.9. The van der Waals surface area contributed by atoms with Crippen LogP contribution in [0.2, 0.25) is 0 Å². The molecule has 1 aromatic heterocycles. The number of para-hydroxylation sites is 1. The number of rotatable bonds is 9. The molecule has 36 heavy (non-hydrogen) atoms. The SMILES string of the molecule is O=c1c(OP(=O)(CCc2ccccc2)CCc2ccccc2)c(-c2ccccc2)oc2ccccc12. The predicted octanol–water partition coefficient (Wildman–Crippen LogP) is 7.60. The first kappa shape index (κ1) is 23.8. The van der Waals surface area contributed by atoms with Gasteiger partial charge in [-0.05, 0) is 36.1 Å². The van der Waals surface area contributed by atoms with Crippen molar-refractivity contribution in [1.29, 1.82) is 0 Å². The van der Waals surface area contributed by atoms with E-state index in [9.17, 15) is 9.36 Å². The first-order valence-electron chi connectivity index (χ1n) is 12.1. The molecule has 0 N–H and O–H groups in total. The molecule has 4 aromatic carbocycles. The Hall–Kier alpha value is -3.88. The maximum atomic E-state index is 14.4.